The first-order valence-electron chi connectivity index (χ1n) is 10.9. The van der Waals surface area contributed by atoms with Crippen molar-refractivity contribution in [2.45, 2.75) is 45.1 Å². The predicted octanol–water partition coefficient (Wildman–Crippen LogP) is 2.65. The number of guanidine groups is 1. The molecule has 0 bridgehead atoms. The molecule has 2 aliphatic heterocycles. The van der Waals surface area contributed by atoms with E-state index in [-0.39, 0.29) is 24.0 Å². The van der Waals surface area contributed by atoms with E-state index in [1.807, 2.05) is 11.9 Å². The second kappa shape index (κ2) is 10.9. The molecule has 9 heteroatoms. The van der Waals surface area contributed by atoms with E-state index in [2.05, 4.69) is 61.2 Å². The molecule has 8 nitrogen and oxygen atoms in total. The van der Waals surface area contributed by atoms with Gasteiger partial charge in [0.2, 0.25) is 5.91 Å². The molecule has 2 aromatic rings. The molecule has 168 valence electrons. The topological polar surface area (TPSA) is 78.7 Å². The van der Waals surface area contributed by atoms with Gasteiger partial charge in [0.15, 0.2) is 5.96 Å². The van der Waals surface area contributed by atoms with Crippen LogP contribution >= 0.6 is 24.0 Å². The summed E-state index contributed by atoms with van der Waals surface area (Å²) in [7, 11) is 1.83. The van der Waals surface area contributed by atoms with Gasteiger partial charge in [-0.05, 0) is 24.5 Å². The lowest BCUT2D eigenvalue weighted by Crippen LogP contribution is -2.42. The zero-order valence-corrected chi connectivity index (χ0v) is 20.7. The van der Waals surface area contributed by atoms with E-state index >= 15 is 0 Å². The van der Waals surface area contributed by atoms with Gasteiger partial charge in [-0.25, -0.2) is 0 Å². The van der Waals surface area contributed by atoms with Crippen molar-refractivity contribution < 1.29 is 4.79 Å². The molecule has 0 spiro atoms. The van der Waals surface area contributed by atoms with Gasteiger partial charge in [-0.3, -0.25) is 9.79 Å². The van der Waals surface area contributed by atoms with Crippen LogP contribution in [0.3, 0.4) is 0 Å². The summed E-state index contributed by atoms with van der Waals surface area (Å²) in [5.74, 6) is 2.58. The molecule has 1 aromatic heterocycles. The number of aromatic nitrogens is 3. The number of likely N-dealkylation sites (tertiary alicyclic amines) is 1. The Morgan fingerprint density at radius 1 is 1.29 bits per heavy atom. The third-order valence-electron chi connectivity index (χ3n) is 6.10. The minimum atomic E-state index is 0. The Morgan fingerprint density at radius 2 is 2.13 bits per heavy atom. The standard InChI is InChI=1S/C22H31N7O.HI/c1-3-20-26-25-16-28(20)14-11-24-22(23-2)29-15-17(18-7-4-5-8-19(18)29)10-13-27-12-6-9-21(27)30;/h4-5,7-8,16-17H,3,6,9-15H2,1-2H3,(H,23,24);1H. The Balaban J connectivity index is 0.00000272. The maximum atomic E-state index is 12.0. The quantitative estimate of drug-likeness (QED) is 0.334. The first kappa shape index (κ1) is 23.5. The Morgan fingerprint density at radius 3 is 2.87 bits per heavy atom. The summed E-state index contributed by atoms with van der Waals surface area (Å²) >= 11 is 0. The lowest BCUT2D eigenvalue weighted by atomic mass is 9.98. The van der Waals surface area contributed by atoms with Crippen molar-refractivity contribution in [2.75, 3.05) is 38.1 Å². The van der Waals surface area contributed by atoms with Crippen LogP contribution in [0.4, 0.5) is 5.69 Å². The van der Waals surface area contributed by atoms with Crippen LogP contribution < -0.4 is 10.2 Å². The number of fused-ring (bicyclic) bond motifs is 1. The van der Waals surface area contributed by atoms with Crippen LogP contribution in [0.1, 0.15) is 43.5 Å². The Hall–Kier alpha value is -2.17. The maximum Gasteiger partial charge on any atom is 0.222 e. The highest BCUT2D eigenvalue weighted by Gasteiger charge is 2.32. The average molecular weight is 537 g/mol. The van der Waals surface area contributed by atoms with Gasteiger partial charge >= 0.3 is 0 Å². The highest BCUT2D eigenvalue weighted by atomic mass is 127. The van der Waals surface area contributed by atoms with E-state index in [1.165, 1.54) is 11.3 Å². The summed E-state index contributed by atoms with van der Waals surface area (Å²) in [6.07, 6.45) is 5.33. The van der Waals surface area contributed by atoms with Crippen LogP contribution in [-0.4, -0.2) is 64.8 Å². The van der Waals surface area contributed by atoms with Gasteiger partial charge in [-0.2, -0.15) is 0 Å². The van der Waals surface area contributed by atoms with Crippen LogP contribution in [0.2, 0.25) is 0 Å². The number of benzene rings is 1. The molecule has 2 aliphatic rings. The van der Waals surface area contributed by atoms with Crippen molar-refractivity contribution in [2.24, 2.45) is 4.99 Å². The zero-order chi connectivity index (χ0) is 20.9. The third kappa shape index (κ3) is 5.19. The summed E-state index contributed by atoms with van der Waals surface area (Å²) in [5, 5.41) is 11.6. The first-order chi connectivity index (χ1) is 14.7. The second-order valence-electron chi connectivity index (χ2n) is 7.91. The van der Waals surface area contributed by atoms with Crippen molar-refractivity contribution in [3.63, 3.8) is 0 Å². The summed E-state index contributed by atoms with van der Waals surface area (Å²) in [6.45, 7) is 6.26. The van der Waals surface area contributed by atoms with Crippen LogP contribution in [0, 0.1) is 0 Å². The number of carbonyl (C=O) groups is 1. The number of hydrogen-bond acceptors (Lipinski definition) is 4. The number of rotatable bonds is 7. The Bertz CT molecular complexity index is 913. The average Bonchev–Trinajstić information content (AvgIpc) is 3.48. The monoisotopic (exact) mass is 537 g/mol. The number of amides is 1. The Labute approximate surface area is 201 Å². The van der Waals surface area contributed by atoms with E-state index in [9.17, 15) is 4.79 Å². The number of para-hydroxylation sites is 1. The molecule has 1 aromatic carbocycles. The van der Waals surface area contributed by atoms with Crippen LogP contribution in [0.15, 0.2) is 35.6 Å². The van der Waals surface area contributed by atoms with Gasteiger partial charge in [-0.15, -0.1) is 34.2 Å². The molecule has 1 fully saturated rings. The number of halogens is 1. The number of nitrogens with zero attached hydrogens (tertiary/aromatic N) is 6. The number of hydrogen-bond donors (Lipinski definition) is 1. The van der Waals surface area contributed by atoms with E-state index in [0.29, 0.717) is 18.2 Å². The minimum absolute atomic E-state index is 0. The number of aryl methyl sites for hydroxylation is 1. The smallest absolute Gasteiger partial charge is 0.222 e. The summed E-state index contributed by atoms with van der Waals surface area (Å²) < 4.78 is 2.08. The molecule has 3 heterocycles. The molecule has 4 rings (SSSR count). The molecule has 1 N–H and O–H groups in total. The van der Waals surface area contributed by atoms with Crippen LogP contribution in [0.25, 0.3) is 0 Å². The molecule has 1 atom stereocenters. The molecular formula is C22H32IN7O. The lowest BCUT2D eigenvalue weighted by Gasteiger charge is -2.23. The van der Waals surface area contributed by atoms with Gasteiger partial charge in [-0.1, -0.05) is 25.1 Å². The predicted molar refractivity (Wildman–Crippen MR) is 133 cm³/mol. The fourth-order valence-electron chi connectivity index (χ4n) is 4.52. The van der Waals surface area contributed by atoms with Crippen molar-refractivity contribution >= 4 is 41.5 Å². The molecule has 0 radical (unpaired) electrons. The molecule has 1 saturated heterocycles. The number of anilines is 1. The zero-order valence-electron chi connectivity index (χ0n) is 18.3. The second-order valence-corrected chi connectivity index (χ2v) is 7.91. The van der Waals surface area contributed by atoms with Crippen molar-refractivity contribution in [3.05, 3.63) is 42.0 Å². The van der Waals surface area contributed by atoms with Gasteiger partial charge in [0.25, 0.3) is 0 Å². The Kier molecular flexibility index (Phi) is 8.28. The van der Waals surface area contributed by atoms with Crippen LogP contribution in [0.5, 0.6) is 0 Å². The number of carbonyl (C=O) groups excluding carboxylic acids is 1. The first-order valence-corrected chi connectivity index (χ1v) is 10.9. The van der Waals surface area contributed by atoms with Gasteiger partial charge in [0.05, 0.1) is 0 Å². The van der Waals surface area contributed by atoms with E-state index < -0.39 is 0 Å². The van der Waals surface area contributed by atoms with E-state index in [1.54, 1.807) is 6.33 Å². The van der Waals surface area contributed by atoms with Crippen molar-refractivity contribution in [1.82, 2.24) is 25.0 Å². The fraction of sp³-hybridized carbons (Fsp3) is 0.545. The fourth-order valence-corrected chi connectivity index (χ4v) is 4.52. The molecule has 1 unspecified atom stereocenters. The summed E-state index contributed by atoms with van der Waals surface area (Å²) in [6, 6.07) is 8.56. The summed E-state index contributed by atoms with van der Waals surface area (Å²) in [5.41, 5.74) is 2.56. The highest BCUT2D eigenvalue weighted by Crippen LogP contribution is 2.38. The van der Waals surface area contributed by atoms with Gasteiger partial charge in [0.1, 0.15) is 12.2 Å². The summed E-state index contributed by atoms with van der Waals surface area (Å²) in [4.78, 5) is 20.8. The number of aliphatic imine (C=N–C) groups is 1. The lowest BCUT2D eigenvalue weighted by molar-refractivity contribution is -0.127. The van der Waals surface area contributed by atoms with Crippen molar-refractivity contribution in [1.29, 1.82) is 0 Å². The largest absolute Gasteiger partial charge is 0.354 e. The molecular weight excluding hydrogens is 505 g/mol. The SMILES string of the molecule is CCc1nncn1CCNC(=NC)N1CC(CCN2CCCC2=O)c2ccccc21.I. The normalized spacial score (nSPS) is 18.3. The molecule has 0 aliphatic carbocycles. The molecule has 0 saturated carbocycles. The highest BCUT2D eigenvalue weighted by molar-refractivity contribution is 14.0. The van der Waals surface area contributed by atoms with E-state index in [0.717, 1.165) is 63.8 Å². The van der Waals surface area contributed by atoms with Gasteiger partial charge in [0, 0.05) is 64.2 Å². The van der Waals surface area contributed by atoms with E-state index in [4.69, 9.17) is 0 Å². The molecule has 31 heavy (non-hydrogen) atoms. The molecule has 1 amide bonds. The van der Waals surface area contributed by atoms with Gasteiger partial charge < -0.3 is 19.7 Å². The third-order valence-corrected chi connectivity index (χ3v) is 6.10. The minimum Gasteiger partial charge on any atom is -0.354 e. The van der Waals surface area contributed by atoms with Crippen LogP contribution in [-0.2, 0) is 17.8 Å². The number of nitrogens with one attached hydrogen (secondary N) is 1. The maximum absolute atomic E-state index is 12.0. The van der Waals surface area contributed by atoms with Crippen molar-refractivity contribution in [3.8, 4) is 0 Å².